The third-order valence-corrected chi connectivity index (χ3v) is 4.88. The number of ether oxygens (including phenoxy) is 2. The van der Waals surface area contributed by atoms with Crippen LogP contribution in [0.15, 0.2) is 24.4 Å². The lowest BCUT2D eigenvalue weighted by Crippen LogP contribution is -2.14. The van der Waals surface area contributed by atoms with Crippen LogP contribution < -0.4 is 10.1 Å². The molecule has 3 rings (SSSR count). The van der Waals surface area contributed by atoms with E-state index in [-0.39, 0.29) is 23.7 Å². The van der Waals surface area contributed by atoms with Gasteiger partial charge < -0.3 is 19.9 Å². The second-order valence-corrected chi connectivity index (χ2v) is 7.26. The molecule has 1 aliphatic heterocycles. The summed E-state index contributed by atoms with van der Waals surface area (Å²) in [6.45, 7) is 4.42. The van der Waals surface area contributed by atoms with Gasteiger partial charge in [0.15, 0.2) is 0 Å². The maximum atomic E-state index is 12.6. The molecule has 1 aromatic heterocycles. The third kappa shape index (κ3) is 4.20. The van der Waals surface area contributed by atoms with E-state index in [1.807, 2.05) is 13.8 Å². The molecule has 2 heterocycles. The highest BCUT2D eigenvalue weighted by molar-refractivity contribution is 7.13. The smallest absolute Gasteiger partial charge is 0.335 e. The minimum atomic E-state index is -1.07. The maximum absolute atomic E-state index is 12.6. The Morgan fingerprint density at radius 1 is 1.42 bits per heavy atom. The van der Waals surface area contributed by atoms with Gasteiger partial charge in [-0.2, -0.15) is 0 Å². The number of hydrogen-bond acceptors (Lipinski definition) is 6. The van der Waals surface area contributed by atoms with Crippen LogP contribution in [0.2, 0.25) is 0 Å². The monoisotopic (exact) mass is 376 g/mol. The summed E-state index contributed by atoms with van der Waals surface area (Å²) in [5.74, 6) is -1.01. The largest absolute Gasteiger partial charge is 0.489 e. The Bertz CT molecular complexity index is 812. The van der Waals surface area contributed by atoms with Crippen molar-refractivity contribution in [2.45, 2.75) is 38.9 Å². The average Bonchev–Trinajstić information content (AvgIpc) is 3.27. The Kier molecular flexibility index (Phi) is 5.53. The number of benzene rings is 1. The van der Waals surface area contributed by atoms with Crippen LogP contribution in [0.25, 0.3) is 0 Å². The fourth-order valence-corrected chi connectivity index (χ4v) is 3.51. The lowest BCUT2D eigenvalue weighted by Gasteiger charge is -2.15. The number of thiazole rings is 1. The molecule has 0 bridgehead atoms. The van der Waals surface area contributed by atoms with Crippen molar-refractivity contribution < 1.29 is 24.2 Å². The Balaban J connectivity index is 1.81. The second-order valence-electron chi connectivity index (χ2n) is 6.20. The number of rotatable bonds is 6. The zero-order chi connectivity index (χ0) is 18.7. The second kappa shape index (κ2) is 7.84. The summed E-state index contributed by atoms with van der Waals surface area (Å²) in [7, 11) is 0. The SMILES string of the molecule is CC(C)Oc1ccc(C(=O)O)cc1NC(=O)c1cnc(C2CCCO2)s1. The highest BCUT2D eigenvalue weighted by atomic mass is 32.1. The van der Waals surface area contributed by atoms with Gasteiger partial charge in [0.05, 0.1) is 23.6 Å². The number of aromatic nitrogens is 1. The van der Waals surface area contributed by atoms with Crippen LogP contribution in [0, 0.1) is 0 Å². The molecule has 7 nitrogen and oxygen atoms in total. The van der Waals surface area contributed by atoms with E-state index < -0.39 is 5.97 Å². The van der Waals surface area contributed by atoms with Gasteiger partial charge in [-0.1, -0.05) is 0 Å². The fraction of sp³-hybridized carbons (Fsp3) is 0.389. The maximum Gasteiger partial charge on any atom is 0.335 e. The zero-order valence-electron chi connectivity index (χ0n) is 14.5. The summed E-state index contributed by atoms with van der Waals surface area (Å²) in [4.78, 5) is 28.5. The van der Waals surface area contributed by atoms with E-state index in [9.17, 15) is 14.7 Å². The van der Waals surface area contributed by atoms with E-state index >= 15 is 0 Å². The van der Waals surface area contributed by atoms with E-state index in [1.165, 1.54) is 29.7 Å². The van der Waals surface area contributed by atoms with Gasteiger partial charge in [0.2, 0.25) is 0 Å². The van der Waals surface area contributed by atoms with E-state index in [0.717, 1.165) is 17.8 Å². The number of carbonyl (C=O) groups excluding carboxylic acids is 1. The molecule has 1 fully saturated rings. The molecule has 8 heteroatoms. The molecule has 0 saturated carbocycles. The number of nitrogens with one attached hydrogen (secondary N) is 1. The predicted octanol–water partition coefficient (Wildman–Crippen LogP) is 3.73. The van der Waals surface area contributed by atoms with Crippen molar-refractivity contribution >= 4 is 28.9 Å². The van der Waals surface area contributed by atoms with Crippen molar-refractivity contribution in [3.63, 3.8) is 0 Å². The Morgan fingerprint density at radius 3 is 2.88 bits per heavy atom. The molecule has 0 aliphatic carbocycles. The highest BCUT2D eigenvalue weighted by Gasteiger charge is 2.23. The van der Waals surface area contributed by atoms with Crippen LogP contribution in [0.5, 0.6) is 5.75 Å². The van der Waals surface area contributed by atoms with Crippen molar-refractivity contribution in [3.05, 3.63) is 39.8 Å². The summed E-state index contributed by atoms with van der Waals surface area (Å²) >= 11 is 1.28. The Labute approximate surface area is 155 Å². The molecule has 138 valence electrons. The van der Waals surface area contributed by atoms with Crippen molar-refractivity contribution in [3.8, 4) is 5.75 Å². The summed E-state index contributed by atoms with van der Waals surface area (Å²) in [6, 6.07) is 4.38. The van der Waals surface area contributed by atoms with E-state index in [4.69, 9.17) is 9.47 Å². The lowest BCUT2D eigenvalue weighted by atomic mass is 10.2. The number of carboxylic acid groups (broad SMARTS) is 1. The molecule has 0 spiro atoms. The van der Waals surface area contributed by atoms with Crippen LogP contribution >= 0.6 is 11.3 Å². The van der Waals surface area contributed by atoms with E-state index in [0.29, 0.717) is 22.9 Å². The third-order valence-electron chi connectivity index (χ3n) is 3.79. The highest BCUT2D eigenvalue weighted by Crippen LogP contribution is 2.32. The summed E-state index contributed by atoms with van der Waals surface area (Å²) in [5.41, 5.74) is 0.386. The predicted molar refractivity (Wildman–Crippen MR) is 97.2 cm³/mol. The van der Waals surface area contributed by atoms with Crippen LogP contribution in [-0.4, -0.2) is 34.7 Å². The molecule has 1 atom stereocenters. The zero-order valence-corrected chi connectivity index (χ0v) is 15.3. The van der Waals surface area contributed by atoms with Gasteiger partial charge in [-0.15, -0.1) is 11.3 Å². The minimum absolute atomic E-state index is 0.0447. The first-order valence-corrected chi connectivity index (χ1v) is 9.18. The summed E-state index contributed by atoms with van der Waals surface area (Å²) < 4.78 is 11.2. The van der Waals surface area contributed by atoms with Gasteiger partial charge in [0.25, 0.3) is 5.91 Å². The molecule has 1 amide bonds. The molecular weight excluding hydrogens is 356 g/mol. The summed E-state index contributed by atoms with van der Waals surface area (Å²) in [6.07, 6.45) is 3.25. The molecular formula is C18H20N2O5S. The van der Waals surface area contributed by atoms with Gasteiger partial charge in [-0.05, 0) is 44.9 Å². The number of hydrogen-bond donors (Lipinski definition) is 2. The number of carboxylic acids is 1. The quantitative estimate of drug-likeness (QED) is 0.797. The van der Waals surface area contributed by atoms with E-state index in [2.05, 4.69) is 10.3 Å². The summed E-state index contributed by atoms with van der Waals surface area (Å²) in [5, 5.41) is 12.7. The molecule has 0 radical (unpaired) electrons. The first-order valence-electron chi connectivity index (χ1n) is 8.36. The minimum Gasteiger partial charge on any atom is -0.489 e. The number of amides is 1. The Morgan fingerprint density at radius 2 is 2.23 bits per heavy atom. The molecule has 1 saturated heterocycles. The van der Waals surface area contributed by atoms with Gasteiger partial charge in [0, 0.05) is 6.61 Å². The van der Waals surface area contributed by atoms with Gasteiger partial charge >= 0.3 is 5.97 Å². The number of anilines is 1. The average molecular weight is 376 g/mol. The van der Waals surface area contributed by atoms with E-state index in [1.54, 1.807) is 6.07 Å². The molecule has 2 aromatic rings. The van der Waals surface area contributed by atoms with Crippen molar-refractivity contribution in [2.75, 3.05) is 11.9 Å². The van der Waals surface area contributed by atoms with Crippen molar-refractivity contribution in [1.29, 1.82) is 0 Å². The van der Waals surface area contributed by atoms with Crippen LogP contribution in [0.3, 0.4) is 0 Å². The van der Waals surface area contributed by atoms with Crippen molar-refractivity contribution in [1.82, 2.24) is 4.98 Å². The number of nitrogens with zero attached hydrogens (tertiary/aromatic N) is 1. The molecule has 26 heavy (non-hydrogen) atoms. The Hall–Kier alpha value is -2.45. The van der Waals surface area contributed by atoms with Gasteiger partial charge in [0.1, 0.15) is 21.7 Å². The number of aromatic carboxylic acids is 1. The topological polar surface area (TPSA) is 97.8 Å². The molecule has 1 aromatic carbocycles. The lowest BCUT2D eigenvalue weighted by molar-refractivity contribution is 0.0696. The standard InChI is InChI=1S/C18H20N2O5S/c1-10(2)25-13-6-5-11(18(22)23)8-12(13)20-16(21)15-9-19-17(26-15)14-4-3-7-24-14/h5-6,8-10,14H,3-4,7H2,1-2H3,(H,20,21)(H,22,23). The fourth-order valence-electron chi connectivity index (χ4n) is 2.62. The molecule has 1 unspecified atom stereocenters. The molecule has 1 aliphatic rings. The van der Waals surface area contributed by atoms with Gasteiger partial charge in [-0.25, -0.2) is 9.78 Å². The normalized spacial score (nSPS) is 16.7. The van der Waals surface area contributed by atoms with Crippen molar-refractivity contribution in [2.24, 2.45) is 0 Å². The first-order chi connectivity index (χ1) is 12.4. The van der Waals surface area contributed by atoms with Crippen LogP contribution in [-0.2, 0) is 4.74 Å². The number of carbonyl (C=O) groups is 2. The van der Waals surface area contributed by atoms with Crippen LogP contribution in [0.4, 0.5) is 5.69 Å². The van der Waals surface area contributed by atoms with Gasteiger partial charge in [-0.3, -0.25) is 4.79 Å². The first kappa shape index (κ1) is 18.3. The van der Waals surface area contributed by atoms with Crippen LogP contribution in [0.1, 0.15) is 57.8 Å². The molecule has 2 N–H and O–H groups in total.